The Kier molecular flexibility index (Phi) is 4.32. The van der Waals surface area contributed by atoms with Crippen molar-refractivity contribution in [2.75, 3.05) is 0 Å². The van der Waals surface area contributed by atoms with Gasteiger partial charge >= 0.3 is 0 Å². The van der Waals surface area contributed by atoms with Crippen LogP contribution in [0.5, 0.6) is 5.75 Å². The molecule has 0 bridgehead atoms. The number of H-pyrrole nitrogens is 1. The van der Waals surface area contributed by atoms with Crippen LogP contribution < -0.4 is 0 Å². The standard InChI is InChI=1S/C23H20N4O/c1-23(2,13-24)20-8-15(9-22-25-14-26-27-22)7-19(11-20)17-3-4-18-12-21(28)6-5-16(18)10-17/h3-8,10-12,14,28H,9H2,1-2H3,(H,25,26,27). The molecule has 0 aliphatic rings. The van der Waals surface area contributed by atoms with Crippen LogP contribution in [-0.4, -0.2) is 20.3 Å². The minimum absolute atomic E-state index is 0.257. The maximum atomic E-state index is 9.68. The van der Waals surface area contributed by atoms with Crippen LogP contribution in [0.25, 0.3) is 21.9 Å². The fraction of sp³-hybridized carbons (Fsp3) is 0.174. The molecule has 0 atom stereocenters. The number of fused-ring (bicyclic) bond motifs is 1. The highest BCUT2D eigenvalue weighted by molar-refractivity contribution is 5.88. The van der Waals surface area contributed by atoms with Gasteiger partial charge in [0.1, 0.15) is 17.9 Å². The summed E-state index contributed by atoms with van der Waals surface area (Å²) in [6, 6.07) is 20.2. The molecule has 0 unspecified atom stereocenters. The number of phenolic OH excluding ortho intramolecular Hbond substituents is 1. The number of nitriles is 1. The summed E-state index contributed by atoms with van der Waals surface area (Å²) in [6.45, 7) is 3.85. The molecule has 28 heavy (non-hydrogen) atoms. The van der Waals surface area contributed by atoms with E-state index in [1.807, 2.05) is 32.0 Å². The van der Waals surface area contributed by atoms with E-state index in [2.05, 4.69) is 45.5 Å². The number of hydrogen-bond donors (Lipinski definition) is 2. The van der Waals surface area contributed by atoms with Crippen LogP contribution in [0.3, 0.4) is 0 Å². The van der Waals surface area contributed by atoms with Crippen molar-refractivity contribution in [1.82, 2.24) is 15.2 Å². The van der Waals surface area contributed by atoms with Crippen molar-refractivity contribution in [3.63, 3.8) is 0 Å². The molecule has 1 heterocycles. The second-order valence-electron chi connectivity index (χ2n) is 7.51. The van der Waals surface area contributed by atoms with E-state index in [4.69, 9.17) is 0 Å². The second kappa shape index (κ2) is 6.82. The van der Waals surface area contributed by atoms with Gasteiger partial charge < -0.3 is 5.11 Å². The van der Waals surface area contributed by atoms with Gasteiger partial charge in [0, 0.05) is 6.42 Å². The lowest BCUT2D eigenvalue weighted by molar-refractivity contribution is 0.476. The lowest BCUT2D eigenvalue weighted by Crippen LogP contribution is -2.14. The summed E-state index contributed by atoms with van der Waals surface area (Å²) in [5.74, 6) is 1.04. The predicted octanol–water partition coefficient (Wildman–Crippen LogP) is 4.72. The predicted molar refractivity (Wildman–Crippen MR) is 109 cm³/mol. The summed E-state index contributed by atoms with van der Waals surface area (Å²) in [4.78, 5) is 4.22. The van der Waals surface area contributed by atoms with Crippen molar-refractivity contribution in [3.8, 4) is 22.9 Å². The molecule has 5 nitrogen and oxygen atoms in total. The number of nitrogens with one attached hydrogen (secondary N) is 1. The summed E-state index contributed by atoms with van der Waals surface area (Å²) in [5, 5.41) is 28.2. The van der Waals surface area contributed by atoms with Gasteiger partial charge in [-0.25, -0.2) is 4.98 Å². The third-order valence-electron chi connectivity index (χ3n) is 4.99. The van der Waals surface area contributed by atoms with E-state index in [9.17, 15) is 10.4 Å². The molecule has 0 aliphatic heterocycles. The van der Waals surface area contributed by atoms with Gasteiger partial charge in [-0.2, -0.15) is 10.4 Å². The molecular formula is C23H20N4O. The van der Waals surface area contributed by atoms with Gasteiger partial charge in [0.25, 0.3) is 0 Å². The van der Waals surface area contributed by atoms with E-state index in [-0.39, 0.29) is 5.75 Å². The quantitative estimate of drug-likeness (QED) is 0.546. The van der Waals surface area contributed by atoms with Crippen molar-refractivity contribution >= 4 is 10.8 Å². The third kappa shape index (κ3) is 3.45. The molecule has 0 aliphatic carbocycles. The Bertz CT molecular complexity index is 1190. The topological polar surface area (TPSA) is 85.6 Å². The van der Waals surface area contributed by atoms with Crippen LogP contribution in [0.2, 0.25) is 0 Å². The number of aromatic nitrogens is 3. The number of aromatic hydroxyl groups is 1. The Hall–Kier alpha value is -3.65. The summed E-state index contributed by atoms with van der Waals surface area (Å²) >= 11 is 0. The summed E-state index contributed by atoms with van der Waals surface area (Å²) < 4.78 is 0. The van der Waals surface area contributed by atoms with Gasteiger partial charge in [0.05, 0.1) is 11.5 Å². The SMILES string of the molecule is CC(C)(C#N)c1cc(Cc2ncn[nH]2)cc(-c2ccc3cc(O)ccc3c2)c1. The first-order valence-corrected chi connectivity index (χ1v) is 9.08. The lowest BCUT2D eigenvalue weighted by Gasteiger charge is -2.19. The number of rotatable bonds is 4. The fourth-order valence-corrected chi connectivity index (χ4v) is 3.31. The average molecular weight is 368 g/mol. The van der Waals surface area contributed by atoms with Crippen LogP contribution in [0.4, 0.5) is 0 Å². The lowest BCUT2D eigenvalue weighted by atomic mass is 9.83. The van der Waals surface area contributed by atoms with Crippen LogP contribution >= 0.6 is 0 Å². The molecule has 3 aromatic carbocycles. The largest absolute Gasteiger partial charge is 0.508 e. The van der Waals surface area contributed by atoms with E-state index in [0.29, 0.717) is 6.42 Å². The molecule has 0 saturated heterocycles. The van der Waals surface area contributed by atoms with Gasteiger partial charge in [-0.15, -0.1) is 0 Å². The van der Waals surface area contributed by atoms with Gasteiger partial charge in [-0.3, -0.25) is 5.10 Å². The molecule has 5 heteroatoms. The molecule has 4 rings (SSSR count). The monoisotopic (exact) mass is 368 g/mol. The molecule has 0 radical (unpaired) electrons. The normalized spacial score (nSPS) is 11.5. The summed E-state index contributed by atoms with van der Waals surface area (Å²) in [6.07, 6.45) is 2.11. The Morgan fingerprint density at radius 2 is 1.79 bits per heavy atom. The molecule has 0 fully saturated rings. The first kappa shape index (κ1) is 17.7. The van der Waals surface area contributed by atoms with Crippen LogP contribution in [0.1, 0.15) is 30.8 Å². The maximum absolute atomic E-state index is 9.68. The Labute approximate surface area is 163 Å². The molecule has 0 amide bonds. The minimum Gasteiger partial charge on any atom is -0.508 e. The van der Waals surface area contributed by atoms with Gasteiger partial charge in [0.15, 0.2) is 0 Å². The van der Waals surface area contributed by atoms with Crippen molar-refractivity contribution in [1.29, 1.82) is 5.26 Å². The summed E-state index contributed by atoms with van der Waals surface area (Å²) in [5.41, 5.74) is 3.54. The molecular weight excluding hydrogens is 348 g/mol. The average Bonchev–Trinajstić information content (AvgIpc) is 3.20. The Balaban J connectivity index is 1.84. The zero-order chi connectivity index (χ0) is 19.7. The number of benzene rings is 3. The third-order valence-corrected chi connectivity index (χ3v) is 4.99. The fourth-order valence-electron chi connectivity index (χ4n) is 3.31. The van der Waals surface area contributed by atoms with Gasteiger partial charge in [-0.1, -0.05) is 30.3 Å². The van der Waals surface area contributed by atoms with Crippen molar-refractivity contribution in [2.24, 2.45) is 0 Å². The molecule has 1 aromatic heterocycles. The van der Waals surface area contributed by atoms with Crippen LogP contribution in [-0.2, 0) is 11.8 Å². The minimum atomic E-state index is -0.602. The zero-order valence-corrected chi connectivity index (χ0v) is 15.8. The number of hydrogen-bond acceptors (Lipinski definition) is 4. The van der Waals surface area contributed by atoms with E-state index in [1.165, 1.54) is 6.33 Å². The number of nitrogens with zero attached hydrogens (tertiary/aromatic N) is 3. The first-order valence-electron chi connectivity index (χ1n) is 9.08. The van der Waals surface area contributed by atoms with E-state index < -0.39 is 5.41 Å². The van der Waals surface area contributed by atoms with E-state index in [1.54, 1.807) is 12.1 Å². The highest BCUT2D eigenvalue weighted by Gasteiger charge is 2.21. The molecule has 2 N–H and O–H groups in total. The summed E-state index contributed by atoms with van der Waals surface area (Å²) in [7, 11) is 0. The van der Waals surface area contributed by atoms with Crippen molar-refractivity contribution in [3.05, 3.63) is 77.9 Å². The molecule has 0 spiro atoms. The van der Waals surface area contributed by atoms with Crippen LogP contribution in [0, 0.1) is 11.3 Å². The number of phenols is 1. The molecule has 4 aromatic rings. The van der Waals surface area contributed by atoms with Gasteiger partial charge in [0.2, 0.25) is 0 Å². The van der Waals surface area contributed by atoms with Gasteiger partial charge in [-0.05, 0) is 71.1 Å². The highest BCUT2D eigenvalue weighted by atomic mass is 16.3. The highest BCUT2D eigenvalue weighted by Crippen LogP contribution is 2.32. The number of aromatic amines is 1. The Morgan fingerprint density at radius 1 is 1.00 bits per heavy atom. The molecule has 0 saturated carbocycles. The smallest absolute Gasteiger partial charge is 0.137 e. The Morgan fingerprint density at radius 3 is 2.54 bits per heavy atom. The van der Waals surface area contributed by atoms with E-state index >= 15 is 0 Å². The molecule has 138 valence electrons. The zero-order valence-electron chi connectivity index (χ0n) is 15.8. The first-order chi connectivity index (χ1) is 13.4. The van der Waals surface area contributed by atoms with Crippen molar-refractivity contribution in [2.45, 2.75) is 25.7 Å². The van der Waals surface area contributed by atoms with Crippen LogP contribution in [0.15, 0.2) is 60.9 Å². The maximum Gasteiger partial charge on any atom is 0.137 e. The second-order valence-corrected chi connectivity index (χ2v) is 7.51. The van der Waals surface area contributed by atoms with Crippen molar-refractivity contribution < 1.29 is 5.11 Å². The van der Waals surface area contributed by atoms with E-state index in [0.717, 1.165) is 38.9 Å².